The monoisotopic (exact) mass is 266 g/mol. The highest BCUT2D eigenvalue weighted by atomic mass is 16.5. The van der Waals surface area contributed by atoms with Crippen molar-refractivity contribution in [3.05, 3.63) is 0 Å². The van der Waals surface area contributed by atoms with Crippen LogP contribution in [0.15, 0.2) is 0 Å². The molecule has 19 heavy (non-hydrogen) atoms. The molecule has 2 heterocycles. The molecule has 0 bridgehead atoms. The van der Waals surface area contributed by atoms with Crippen LogP contribution < -0.4 is 15.4 Å². The van der Waals surface area contributed by atoms with Crippen molar-refractivity contribution < 1.29 is 4.74 Å². The molecule has 7 heteroatoms. The van der Waals surface area contributed by atoms with Gasteiger partial charge < -0.3 is 20.3 Å². The average molecular weight is 266 g/mol. The molecule has 0 saturated carbocycles. The van der Waals surface area contributed by atoms with E-state index >= 15 is 0 Å². The van der Waals surface area contributed by atoms with E-state index in [4.69, 9.17) is 4.74 Å². The van der Waals surface area contributed by atoms with E-state index < -0.39 is 0 Å². The van der Waals surface area contributed by atoms with E-state index in [2.05, 4.69) is 37.5 Å². The minimum Gasteiger partial charge on any atom is -0.467 e. The molecule has 1 aromatic rings. The van der Waals surface area contributed by atoms with Gasteiger partial charge in [-0.25, -0.2) is 0 Å². The number of likely N-dealkylation sites (tertiary alicyclic amines) is 1. The maximum absolute atomic E-state index is 5.06. The molecule has 0 aliphatic carbocycles. The van der Waals surface area contributed by atoms with Gasteiger partial charge in [0.25, 0.3) is 0 Å². The quantitative estimate of drug-likeness (QED) is 0.817. The second-order valence-electron chi connectivity index (χ2n) is 4.73. The first kappa shape index (κ1) is 13.8. The molecule has 2 rings (SSSR count). The normalized spacial score (nSPS) is 20.1. The van der Waals surface area contributed by atoms with E-state index in [1.165, 1.54) is 19.3 Å². The maximum Gasteiger partial charge on any atom is 0.322 e. The number of hydrogen-bond acceptors (Lipinski definition) is 7. The molecule has 106 valence electrons. The number of likely N-dealkylation sites (N-methyl/N-ethyl adjacent to an activating group) is 1. The summed E-state index contributed by atoms with van der Waals surface area (Å²) in [5.41, 5.74) is 0. The van der Waals surface area contributed by atoms with Crippen LogP contribution in [0.4, 0.5) is 11.9 Å². The highest BCUT2D eigenvalue weighted by Gasteiger charge is 2.19. The summed E-state index contributed by atoms with van der Waals surface area (Å²) >= 11 is 0. The molecule has 1 atom stereocenters. The lowest BCUT2D eigenvalue weighted by molar-refractivity contribution is 0.194. The Morgan fingerprint density at radius 1 is 1.26 bits per heavy atom. The van der Waals surface area contributed by atoms with Gasteiger partial charge in [-0.2, -0.15) is 15.0 Å². The van der Waals surface area contributed by atoms with Crippen LogP contribution in [-0.2, 0) is 0 Å². The van der Waals surface area contributed by atoms with Crippen molar-refractivity contribution in [3.8, 4) is 6.01 Å². The minimum absolute atomic E-state index is 0.318. The number of methoxy groups -OCH3 is 1. The SMILES string of the molecule is CNc1nc(NCC2CCCCN2C)nc(OC)n1. The van der Waals surface area contributed by atoms with Crippen molar-refractivity contribution in [2.24, 2.45) is 0 Å². The van der Waals surface area contributed by atoms with E-state index in [9.17, 15) is 0 Å². The van der Waals surface area contributed by atoms with Crippen LogP contribution >= 0.6 is 0 Å². The van der Waals surface area contributed by atoms with Gasteiger partial charge in [-0.1, -0.05) is 6.42 Å². The van der Waals surface area contributed by atoms with Gasteiger partial charge in [-0.15, -0.1) is 0 Å². The molecule has 1 saturated heterocycles. The number of ether oxygens (including phenoxy) is 1. The Balaban J connectivity index is 1.98. The molecule has 7 nitrogen and oxygen atoms in total. The Hall–Kier alpha value is -1.63. The van der Waals surface area contributed by atoms with Crippen LogP contribution in [0.1, 0.15) is 19.3 Å². The Kier molecular flexibility index (Phi) is 4.73. The van der Waals surface area contributed by atoms with Crippen molar-refractivity contribution >= 4 is 11.9 Å². The molecule has 1 aliphatic heterocycles. The second kappa shape index (κ2) is 6.51. The van der Waals surface area contributed by atoms with Gasteiger partial charge in [0, 0.05) is 19.6 Å². The maximum atomic E-state index is 5.06. The summed E-state index contributed by atoms with van der Waals surface area (Å²) in [4.78, 5) is 14.9. The molecule has 0 aromatic carbocycles. The first-order valence-corrected chi connectivity index (χ1v) is 6.65. The third-order valence-corrected chi connectivity index (χ3v) is 3.44. The lowest BCUT2D eigenvalue weighted by Crippen LogP contribution is -2.41. The molecular weight excluding hydrogens is 244 g/mol. The first-order chi connectivity index (χ1) is 9.22. The number of anilines is 2. The summed E-state index contributed by atoms with van der Waals surface area (Å²) in [7, 11) is 5.49. The van der Waals surface area contributed by atoms with Gasteiger partial charge in [0.15, 0.2) is 0 Å². The van der Waals surface area contributed by atoms with Gasteiger partial charge in [0.2, 0.25) is 11.9 Å². The molecule has 1 fully saturated rings. The molecule has 0 amide bonds. The highest BCUT2D eigenvalue weighted by molar-refractivity contribution is 5.35. The molecule has 1 unspecified atom stereocenters. The number of nitrogens with zero attached hydrogens (tertiary/aromatic N) is 4. The van der Waals surface area contributed by atoms with E-state index in [-0.39, 0.29) is 0 Å². The fourth-order valence-corrected chi connectivity index (χ4v) is 2.25. The summed E-state index contributed by atoms with van der Waals surface area (Å²) in [5.74, 6) is 1.06. The molecule has 2 N–H and O–H groups in total. The lowest BCUT2D eigenvalue weighted by Gasteiger charge is -2.32. The summed E-state index contributed by atoms with van der Waals surface area (Å²) in [5, 5.41) is 6.17. The van der Waals surface area contributed by atoms with Gasteiger partial charge in [0.05, 0.1) is 7.11 Å². The Morgan fingerprint density at radius 2 is 2.05 bits per heavy atom. The van der Waals surface area contributed by atoms with E-state index in [1.807, 2.05) is 0 Å². The Labute approximate surface area is 113 Å². The van der Waals surface area contributed by atoms with Gasteiger partial charge in [-0.05, 0) is 26.4 Å². The van der Waals surface area contributed by atoms with Crippen LogP contribution in [0.2, 0.25) is 0 Å². The van der Waals surface area contributed by atoms with Crippen LogP contribution in [0.25, 0.3) is 0 Å². The average Bonchev–Trinajstić information content (AvgIpc) is 2.46. The molecular formula is C12H22N6O. The van der Waals surface area contributed by atoms with Crippen molar-refractivity contribution in [1.29, 1.82) is 0 Å². The molecule has 1 aromatic heterocycles. The van der Waals surface area contributed by atoms with Crippen LogP contribution in [0, 0.1) is 0 Å². The van der Waals surface area contributed by atoms with E-state index in [1.54, 1.807) is 14.2 Å². The largest absolute Gasteiger partial charge is 0.467 e. The zero-order chi connectivity index (χ0) is 13.7. The summed E-state index contributed by atoms with van der Waals surface area (Å²) in [6.07, 6.45) is 3.79. The van der Waals surface area contributed by atoms with Crippen molar-refractivity contribution in [2.45, 2.75) is 25.3 Å². The first-order valence-electron chi connectivity index (χ1n) is 6.65. The molecule has 1 aliphatic rings. The van der Waals surface area contributed by atoms with Crippen molar-refractivity contribution in [3.63, 3.8) is 0 Å². The van der Waals surface area contributed by atoms with Gasteiger partial charge in [-0.3, -0.25) is 0 Å². The highest BCUT2D eigenvalue weighted by Crippen LogP contribution is 2.16. The summed E-state index contributed by atoms with van der Waals surface area (Å²) in [6.45, 7) is 2.00. The van der Waals surface area contributed by atoms with Crippen LogP contribution in [0.3, 0.4) is 0 Å². The van der Waals surface area contributed by atoms with Gasteiger partial charge in [0.1, 0.15) is 0 Å². The summed E-state index contributed by atoms with van der Waals surface area (Å²) in [6, 6.07) is 0.855. The standard InChI is InChI=1S/C12H22N6O/c1-13-10-15-11(17-12(16-10)19-3)14-8-9-6-4-5-7-18(9)2/h9H,4-8H2,1-3H3,(H2,13,14,15,16,17). The van der Waals surface area contributed by atoms with Gasteiger partial charge >= 0.3 is 6.01 Å². The number of piperidine rings is 1. The topological polar surface area (TPSA) is 75.2 Å². The predicted molar refractivity (Wildman–Crippen MR) is 74.7 cm³/mol. The second-order valence-corrected chi connectivity index (χ2v) is 4.73. The third kappa shape index (κ3) is 3.66. The minimum atomic E-state index is 0.318. The fraction of sp³-hybridized carbons (Fsp3) is 0.750. The number of rotatable bonds is 5. The number of hydrogen-bond donors (Lipinski definition) is 2. The summed E-state index contributed by atoms with van der Waals surface area (Å²) < 4.78 is 5.06. The number of aromatic nitrogens is 3. The lowest BCUT2D eigenvalue weighted by atomic mass is 10.0. The number of nitrogens with one attached hydrogen (secondary N) is 2. The third-order valence-electron chi connectivity index (χ3n) is 3.44. The van der Waals surface area contributed by atoms with Crippen LogP contribution in [0.5, 0.6) is 6.01 Å². The Bertz CT molecular complexity index is 391. The zero-order valence-corrected chi connectivity index (χ0v) is 11.8. The predicted octanol–water partition coefficient (Wildman–Crippen LogP) is 0.818. The molecule has 0 radical (unpaired) electrons. The zero-order valence-electron chi connectivity index (χ0n) is 11.8. The Morgan fingerprint density at radius 3 is 2.74 bits per heavy atom. The van der Waals surface area contributed by atoms with E-state index in [0.717, 1.165) is 13.1 Å². The fourth-order valence-electron chi connectivity index (χ4n) is 2.25. The van der Waals surface area contributed by atoms with Crippen LogP contribution in [-0.4, -0.2) is 60.2 Å². The van der Waals surface area contributed by atoms with E-state index in [0.29, 0.717) is 23.9 Å². The van der Waals surface area contributed by atoms with Crippen molar-refractivity contribution in [2.75, 3.05) is 44.9 Å². The van der Waals surface area contributed by atoms with Crippen molar-refractivity contribution in [1.82, 2.24) is 19.9 Å². The smallest absolute Gasteiger partial charge is 0.322 e. The molecule has 0 spiro atoms.